The molecule has 2 unspecified atom stereocenters. The molecular formula is C12H26N2O2. The lowest BCUT2D eigenvalue weighted by atomic mass is 10.2. The van der Waals surface area contributed by atoms with Gasteiger partial charge in [-0.1, -0.05) is 13.8 Å². The molecule has 1 aliphatic heterocycles. The molecule has 0 aromatic carbocycles. The Balaban J connectivity index is 2.15. The van der Waals surface area contributed by atoms with Crippen LogP contribution in [0.4, 0.5) is 0 Å². The van der Waals surface area contributed by atoms with E-state index in [9.17, 15) is 0 Å². The summed E-state index contributed by atoms with van der Waals surface area (Å²) >= 11 is 0. The maximum Gasteiger partial charge on any atom is 0.0971 e. The molecule has 1 aliphatic rings. The Kier molecular flexibility index (Phi) is 6.28. The highest BCUT2D eigenvalue weighted by atomic mass is 16.5. The molecule has 0 saturated carbocycles. The molecule has 0 spiro atoms. The van der Waals surface area contributed by atoms with E-state index in [1.54, 1.807) is 14.2 Å². The van der Waals surface area contributed by atoms with Crippen LogP contribution in [0.3, 0.4) is 0 Å². The number of nitrogens with one attached hydrogen (secondary N) is 1. The van der Waals surface area contributed by atoms with Crippen LogP contribution in [0.2, 0.25) is 0 Å². The molecule has 1 heterocycles. The normalized spacial score (nSPS) is 26.8. The molecule has 2 atom stereocenters. The Morgan fingerprint density at radius 3 is 2.19 bits per heavy atom. The Morgan fingerprint density at radius 2 is 1.75 bits per heavy atom. The highest BCUT2D eigenvalue weighted by Gasteiger charge is 2.32. The number of ether oxygens (including phenoxy) is 2. The van der Waals surface area contributed by atoms with Crippen LogP contribution in [0.5, 0.6) is 0 Å². The second kappa shape index (κ2) is 7.22. The maximum absolute atomic E-state index is 5.40. The first-order valence-electron chi connectivity index (χ1n) is 6.16. The van der Waals surface area contributed by atoms with E-state index in [-0.39, 0.29) is 12.2 Å². The zero-order chi connectivity index (χ0) is 12.0. The summed E-state index contributed by atoms with van der Waals surface area (Å²) < 4.78 is 10.8. The monoisotopic (exact) mass is 230 g/mol. The molecular weight excluding hydrogens is 204 g/mol. The summed E-state index contributed by atoms with van der Waals surface area (Å²) in [4.78, 5) is 2.40. The molecule has 16 heavy (non-hydrogen) atoms. The fourth-order valence-electron chi connectivity index (χ4n) is 2.08. The topological polar surface area (TPSA) is 33.7 Å². The van der Waals surface area contributed by atoms with Crippen LogP contribution < -0.4 is 5.32 Å². The molecule has 4 nitrogen and oxygen atoms in total. The first-order chi connectivity index (χ1) is 7.67. The molecule has 0 aromatic heterocycles. The van der Waals surface area contributed by atoms with Crippen molar-refractivity contribution >= 4 is 0 Å². The third-order valence-electron chi connectivity index (χ3n) is 3.05. The first-order valence-corrected chi connectivity index (χ1v) is 6.16. The molecule has 0 radical (unpaired) electrons. The number of likely N-dealkylation sites (tertiary alicyclic amines) is 1. The van der Waals surface area contributed by atoms with E-state index < -0.39 is 0 Å². The molecule has 0 aromatic rings. The van der Waals surface area contributed by atoms with Gasteiger partial charge in [-0.15, -0.1) is 0 Å². The summed E-state index contributed by atoms with van der Waals surface area (Å²) in [5, 5.41) is 3.45. The van der Waals surface area contributed by atoms with E-state index >= 15 is 0 Å². The van der Waals surface area contributed by atoms with Gasteiger partial charge < -0.3 is 14.8 Å². The molecule has 0 bridgehead atoms. The van der Waals surface area contributed by atoms with Crippen molar-refractivity contribution in [1.29, 1.82) is 0 Å². The molecule has 1 N–H and O–H groups in total. The fraction of sp³-hybridized carbons (Fsp3) is 1.00. The van der Waals surface area contributed by atoms with Gasteiger partial charge in [-0.25, -0.2) is 0 Å². The zero-order valence-corrected chi connectivity index (χ0v) is 11.0. The lowest BCUT2D eigenvalue weighted by Gasteiger charge is -2.16. The summed E-state index contributed by atoms with van der Waals surface area (Å²) in [5.41, 5.74) is 0. The molecule has 0 aliphatic carbocycles. The third kappa shape index (κ3) is 4.37. The number of hydrogen-bond acceptors (Lipinski definition) is 4. The Morgan fingerprint density at radius 1 is 1.19 bits per heavy atom. The number of methoxy groups -OCH3 is 2. The SMILES string of the molecule is COC1CN(CCNCC(C)C)CC1OC. The number of nitrogens with zero attached hydrogens (tertiary/aromatic N) is 1. The molecule has 4 heteroatoms. The van der Waals surface area contributed by atoms with Crippen molar-refractivity contribution in [2.24, 2.45) is 5.92 Å². The van der Waals surface area contributed by atoms with Crippen LogP contribution in [0.1, 0.15) is 13.8 Å². The minimum atomic E-state index is 0.232. The smallest absolute Gasteiger partial charge is 0.0971 e. The first kappa shape index (κ1) is 13.9. The van der Waals surface area contributed by atoms with Crippen molar-refractivity contribution in [3.63, 3.8) is 0 Å². The van der Waals surface area contributed by atoms with Gasteiger partial charge in [0.1, 0.15) is 0 Å². The van der Waals surface area contributed by atoms with Crippen LogP contribution in [0.25, 0.3) is 0 Å². The molecule has 0 amide bonds. The van der Waals surface area contributed by atoms with Crippen LogP contribution >= 0.6 is 0 Å². The highest BCUT2D eigenvalue weighted by molar-refractivity contribution is 4.85. The van der Waals surface area contributed by atoms with Gasteiger partial charge in [0.05, 0.1) is 12.2 Å². The Bertz CT molecular complexity index is 176. The predicted molar refractivity (Wildman–Crippen MR) is 65.7 cm³/mol. The molecule has 1 rings (SSSR count). The zero-order valence-electron chi connectivity index (χ0n) is 11.0. The Hall–Kier alpha value is -0.160. The van der Waals surface area contributed by atoms with Crippen LogP contribution in [0.15, 0.2) is 0 Å². The van der Waals surface area contributed by atoms with Crippen molar-refractivity contribution in [2.45, 2.75) is 26.1 Å². The summed E-state index contributed by atoms with van der Waals surface area (Å²) in [6, 6.07) is 0. The molecule has 1 saturated heterocycles. The Labute approximate surface area is 99.3 Å². The maximum atomic E-state index is 5.40. The van der Waals surface area contributed by atoms with Crippen molar-refractivity contribution in [3.05, 3.63) is 0 Å². The van der Waals surface area contributed by atoms with Gasteiger partial charge in [-0.2, -0.15) is 0 Å². The highest BCUT2D eigenvalue weighted by Crippen LogP contribution is 2.14. The van der Waals surface area contributed by atoms with Crippen LogP contribution in [0, 0.1) is 5.92 Å². The average Bonchev–Trinajstić information content (AvgIpc) is 2.66. The van der Waals surface area contributed by atoms with Crippen molar-refractivity contribution in [2.75, 3.05) is 46.9 Å². The molecule has 96 valence electrons. The summed E-state index contributed by atoms with van der Waals surface area (Å²) in [7, 11) is 3.52. The van der Waals surface area contributed by atoms with Gasteiger partial charge in [-0.05, 0) is 12.5 Å². The minimum absolute atomic E-state index is 0.232. The van der Waals surface area contributed by atoms with E-state index in [1.807, 2.05) is 0 Å². The van der Waals surface area contributed by atoms with E-state index in [0.717, 1.165) is 38.6 Å². The minimum Gasteiger partial charge on any atom is -0.377 e. The lowest BCUT2D eigenvalue weighted by Crippen LogP contribution is -2.33. The van der Waals surface area contributed by atoms with Gasteiger partial charge in [0.2, 0.25) is 0 Å². The standard InChI is InChI=1S/C12H26N2O2/c1-10(2)7-13-5-6-14-8-11(15-3)12(9-14)16-4/h10-13H,5-9H2,1-4H3. The fourth-order valence-corrected chi connectivity index (χ4v) is 2.08. The quantitative estimate of drug-likeness (QED) is 0.649. The van der Waals surface area contributed by atoms with E-state index in [0.29, 0.717) is 0 Å². The summed E-state index contributed by atoms with van der Waals surface area (Å²) in [6.07, 6.45) is 0.463. The molecule has 1 fully saturated rings. The van der Waals surface area contributed by atoms with Crippen LogP contribution in [-0.2, 0) is 9.47 Å². The average molecular weight is 230 g/mol. The summed E-state index contributed by atoms with van der Waals surface area (Å²) in [5.74, 6) is 0.719. The van der Waals surface area contributed by atoms with Crippen molar-refractivity contribution in [1.82, 2.24) is 10.2 Å². The second-order valence-corrected chi connectivity index (χ2v) is 4.91. The number of rotatable bonds is 7. The summed E-state index contributed by atoms with van der Waals surface area (Å²) in [6.45, 7) is 9.64. The van der Waals surface area contributed by atoms with Gasteiger partial charge in [-0.3, -0.25) is 4.90 Å². The predicted octanol–water partition coefficient (Wildman–Crippen LogP) is 0.578. The largest absolute Gasteiger partial charge is 0.377 e. The van der Waals surface area contributed by atoms with Gasteiger partial charge >= 0.3 is 0 Å². The van der Waals surface area contributed by atoms with Crippen LogP contribution in [-0.4, -0.2) is 64.1 Å². The number of hydrogen-bond donors (Lipinski definition) is 1. The lowest BCUT2D eigenvalue weighted by molar-refractivity contribution is -0.00461. The van der Waals surface area contributed by atoms with Gasteiger partial charge in [0, 0.05) is 40.4 Å². The van der Waals surface area contributed by atoms with Crippen molar-refractivity contribution in [3.8, 4) is 0 Å². The third-order valence-corrected chi connectivity index (χ3v) is 3.05. The van der Waals surface area contributed by atoms with E-state index in [2.05, 4.69) is 24.1 Å². The second-order valence-electron chi connectivity index (χ2n) is 4.91. The van der Waals surface area contributed by atoms with Gasteiger partial charge in [0.15, 0.2) is 0 Å². The van der Waals surface area contributed by atoms with Crippen molar-refractivity contribution < 1.29 is 9.47 Å². The van der Waals surface area contributed by atoms with Gasteiger partial charge in [0.25, 0.3) is 0 Å². The van der Waals surface area contributed by atoms with E-state index in [1.165, 1.54) is 0 Å². The van der Waals surface area contributed by atoms with E-state index in [4.69, 9.17) is 9.47 Å².